The fourth-order valence-corrected chi connectivity index (χ4v) is 2.97. The monoisotopic (exact) mass is 367 g/mol. The first-order valence-corrected chi connectivity index (χ1v) is 8.92. The molecular weight excluding hydrogens is 346 g/mol. The van der Waals surface area contributed by atoms with E-state index in [2.05, 4.69) is 17.4 Å². The minimum absolute atomic E-state index is 0.477. The summed E-state index contributed by atoms with van der Waals surface area (Å²) < 4.78 is 11.6. The molecule has 0 aromatic heterocycles. The second-order valence-corrected chi connectivity index (χ2v) is 6.40. The fraction of sp³-hybridized carbons (Fsp3) is 0.182. The van der Waals surface area contributed by atoms with E-state index < -0.39 is 0 Å². The molecule has 3 aromatic carbocycles. The molecule has 0 atom stereocenters. The minimum Gasteiger partial charge on any atom is -0.493 e. The van der Waals surface area contributed by atoms with Crippen LogP contribution < -0.4 is 14.8 Å². The van der Waals surface area contributed by atoms with Crippen molar-refractivity contribution < 1.29 is 9.47 Å². The molecular formula is C22H22ClNO2. The van der Waals surface area contributed by atoms with Crippen LogP contribution >= 0.6 is 11.6 Å². The van der Waals surface area contributed by atoms with Crippen molar-refractivity contribution in [1.29, 1.82) is 0 Å². The van der Waals surface area contributed by atoms with Gasteiger partial charge in [0, 0.05) is 29.7 Å². The Hall–Kier alpha value is -2.49. The summed E-state index contributed by atoms with van der Waals surface area (Å²) in [4.78, 5) is 0. The molecule has 26 heavy (non-hydrogen) atoms. The summed E-state index contributed by atoms with van der Waals surface area (Å²) in [5, 5.41) is 4.07. The van der Waals surface area contributed by atoms with Crippen LogP contribution in [0, 0.1) is 0 Å². The van der Waals surface area contributed by atoms with Gasteiger partial charge in [-0.2, -0.15) is 0 Å². The molecule has 0 fully saturated rings. The van der Waals surface area contributed by atoms with Gasteiger partial charge in [0.05, 0.1) is 7.11 Å². The van der Waals surface area contributed by atoms with Gasteiger partial charge >= 0.3 is 0 Å². The van der Waals surface area contributed by atoms with Crippen LogP contribution in [0.25, 0.3) is 0 Å². The Labute approximate surface area is 159 Å². The number of hydrogen-bond acceptors (Lipinski definition) is 3. The molecule has 3 aromatic rings. The zero-order chi connectivity index (χ0) is 18.2. The highest BCUT2D eigenvalue weighted by atomic mass is 35.5. The summed E-state index contributed by atoms with van der Waals surface area (Å²) in [6.07, 6.45) is 0. The maximum Gasteiger partial charge on any atom is 0.166 e. The van der Waals surface area contributed by atoms with Gasteiger partial charge < -0.3 is 14.8 Å². The molecule has 3 nitrogen and oxygen atoms in total. The van der Waals surface area contributed by atoms with E-state index in [-0.39, 0.29) is 0 Å². The van der Waals surface area contributed by atoms with E-state index in [1.807, 2.05) is 54.6 Å². The Morgan fingerprint density at radius 3 is 2.15 bits per heavy atom. The average Bonchev–Trinajstić information content (AvgIpc) is 2.68. The Morgan fingerprint density at radius 1 is 0.846 bits per heavy atom. The van der Waals surface area contributed by atoms with Gasteiger partial charge in [0.15, 0.2) is 11.5 Å². The molecule has 0 aliphatic rings. The number of rotatable bonds is 8. The zero-order valence-corrected chi connectivity index (χ0v) is 15.5. The Kier molecular flexibility index (Phi) is 6.53. The van der Waals surface area contributed by atoms with Crippen molar-refractivity contribution in [2.24, 2.45) is 0 Å². The third-order valence-corrected chi connectivity index (χ3v) is 4.25. The van der Waals surface area contributed by atoms with E-state index in [1.165, 1.54) is 5.56 Å². The van der Waals surface area contributed by atoms with E-state index in [0.717, 1.165) is 23.4 Å². The predicted octanol–water partition coefficient (Wildman–Crippen LogP) is 5.22. The van der Waals surface area contributed by atoms with Gasteiger partial charge in [0.1, 0.15) is 6.61 Å². The average molecular weight is 368 g/mol. The number of nitrogens with one attached hydrogen (secondary N) is 1. The summed E-state index contributed by atoms with van der Waals surface area (Å²) in [7, 11) is 1.63. The first kappa shape index (κ1) is 18.3. The van der Waals surface area contributed by atoms with Gasteiger partial charge in [0.2, 0.25) is 0 Å². The molecule has 0 amide bonds. The lowest BCUT2D eigenvalue weighted by atomic mass is 10.1. The molecule has 4 heteroatoms. The van der Waals surface area contributed by atoms with E-state index in [4.69, 9.17) is 21.1 Å². The van der Waals surface area contributed by atoms with Gasteiger partial charge in [-0.05, 0) is 17.2 Å². The van der Waals surface area contributed by atoms with E-state index in [0.29, 0.717) is 23.9 Å². The van der Waals surface area contributed by atoms with Gasteiger partial charge in [-0.25, -0.2) is 0 Å². The van der Waals surface area contributed by atoms with E-state index >= 15 is 0 Å². The van der Waals surface area contributed by atoms with Crippen molar-refractivity contribution in [3.8, 4) is 11.5 Å². The molecule has 0 aliphatic carbocycles. The summed E-state index contributed by atoms with van der Waals surface area (Å²) in [5.41, 5.74) is 3.31. The highest BCUT2D eigenvalue weighted by Crippen LogP contribution is 2.35. The molecule has 3 rings (SSSR count). The second kappa shape index (κ2) is 9.27. The summed E-state index contributed by atoms with van der Waals surface area (Å²) in [6, 6.07) is 24.0. The molecule has 0 radical (unpaired) electrons. The SMILES string of the molecule is COc1cc(Cl)cc(CNCc2ccccc2)c1OCc1ccccc1. The van der Waals surface area contributed by atoms with Crippen LogP contribution in [0.15, 0.2) is 72.8 Å². The minimum atomic E-state index is 0.477. The highest BCUT2D eigenvalue weighted by Gasteiger charge is 2.13. The third-order valence-electron chi connectivity index (χ3n) is 4.03. The Morgan fingerprint density at radius 2 is 1.50 bits per heavy atom. The fourth-order valence-electron chi connectivity index (χ4n) is 2.74. The molecule has 0 unspecified atom stereocenters. The van der Waals surface area contributed by atoms with Crippen molar-refractivity contribution in [3.63, 3.8) is 0 Å². The molecule has 134 valence electrons. The lowest BCUT2D eigenvalue weighted by Crippen LogP contribution is -2.14. The van der Waals surface area contributed by atoms with E-state index in [1.54, 1.807) is 13.2 Å². The quantitative estimate of drug-likeness (QED) is 0.592. The first-order chi connectivity index (χ1) is 12.8. The second-order valence-electron chi connectivity index (χ2n) is 5.96. The van der Waals surface area contributed by atoms with Crippen LogP contribution in [-0.4, -0.2) is 7.11 Å². The Balaban J connectivity index is 1.73. The lowest BCUT2D eigenvalue weighted by molar-refractivity contribution is 0.280. The normalized spacial score (nSPS) is 10.5. The van der Waals surface area contributed by atoms with Crippen molar-refractivity contribution >= 4 is 11.6 Å². The van der Waals surface area contributed by atoms with Crippen LogP contribution in [0.2, 0.25) is 5.02 Å². The number of halogens is 1. The first-order valence-electron chi connectivity index (χ1n) is 8.54. The number of benzene rings is 3. The summed E-state index contributed by atoms with van der Waals surface area (Å²) in [6.45, 7) is 1.88. The standard InChI is InChI=1S/C22H22ClNO2/c1-25-21-13-20(23)12-19(15-24-14-17-8-4-2-5-9-17)22(21)26-16-18-10-6-3-7-11-18/h2-13,24H,14-16H2,1H3. The van der Waals surface area contributed by atoms with Crippen LogP contribution in [0.3, 0.4) is 0 Å². The van der Waals surface area contributed by atoms with Gasteiger partial charge in [-0.1, -0.05) is 72.3 Å². The molecule has 0 spiro atoms. The number of hydrogen-bond donors (Lipinski definition) is 1. The van der Waals surface area contributed by atoms with Crippen molar-refractivity contribution in [1.82, 2.24) is 5.32 Å². The van der Waals surface area contributed by atoms with E-state index in [9.17, 15) is 0 Å². The number of methoxy groups -OCH3 is 1. The van der Waals surface area contributed by atoms with Crippen LogP contribution in [-0.2, 0) is 19.7 Å². The van der Waals surface area contributed by atoms with Crippen LogP contribution in [0.5, 0.6) is 11.5 Å². The number of ether oxygens (including phenoxy) is 2. The topological polar surface area (TPSA) is 30.5 Å². The predicted molar refractivity (Wildman–Crippen MR) is 106 cm³/mol. The van der Waals surface area contributed by atoms with Gasteiger partial charge in [-0.3, -0.25) is 0 Å². The summed E-state index contributed by atoms with van der Waals surface area (Å²) >= 11 is 6.25. The van der Waals surface area contributed by atoms with Crippen molar-refractivity contribution in [3.05, 3.63) is 94.5 Å². The molecule has 0 bridgehead atoms. The van der Waals surface area contributed by atoms with Crippen molar-refractivity contribution in [2.45, 2.75) is 19.7 Å². The summed E-state index contributed by atoms with van der Waals surface area (Å²) in [5.74, 6) is 1.37. The smallest absolute Gasteiger partial charge is 0.166 e. The van der Waals surface area contributed by atoms with Gasteiger partial charge in [-0.15, -0.1) is 0 Å². The van der Waals surface area contributed by atoms with Gasteiger partial charge in [0.25, 0.3) is 0 Å². The lowest BCUT2D eigenvalue weighted by Gasteiger charge is -2.16. The molecule has 0 saturated heterocycles. The highest BCUT2D eigenvalue weighted by molar-refractivity contribution is 6.30. The molecule has 0 aliphatic heterocycles. The van der Waals surface area contributed by atoms with Crippen LogP contribution in [0.1, 0.15) is 16.7 Å². The maximum atomic E-state index is 6.25. The molecule has 0 heterocycles. The zero-order valence-electron chi connectivity index (χ0n) is 14.7. The molecule has 0 saturated carbocycles. The maximum absolute atomic E-state index is 6.25. The molecule has 1 N–H and O–H groups in total. The Bertz CT molecular complexity index is 822. The third kappa shape index (κ3) is 5.01. The van der Waals surface area contributed by atoms with Crippen molar-refractivity contribution in [2.75, 3.05) is 7.11 Å². The van der Waals surface area contributed by atoms with Crippen LogP contribution in [0.4, 0.5) is 0 Å². The largest absolute Gasteiger partial charge is 0.493 e.